The third-order valence-electron chi connectivity index (χ3n) is 5.84. The average molecular weight is 487 g/mol. The predicted molar refractivity (Wildman–Crippen MR) is 137 cm³/mol. The summed E-state index contributed by atoms with van der Waals surface area (Å²) < 4.78 is 25.3. The lowest BCUT2D eigenvalue weighted by Gasteiger charge is -2.19. The van der Waals surface area contributed by atoms with Crippen LogP contribution in [-0.2, 0) is 16.4 Å². The molecule has 0 fully saturated rings. The molecule has 2 aromatic carbocycles. The van der Waals surface area contributed by atoms with E-state index in [-0.39, 0.29) is 11.9 Å². The Morgan fingerprint density at radius 3 is 2.53 bits per heavy atom. The highest BCUT2D eigenvalue weighted by Crippen LogP contribution is 2.24. The first-order chi connectivity index (χ1) is 16.1. The molecule has 184 valence electrons. The molecule has 0 aliphatic heterocycles. The minimum absolute atomic E-state index is 0.0193. The van der Waals surface area contributed by atoms with Crippen LogP contribution in [0.15, 0.2) is 48.7 Å². The zero-order valence-corrected chi connectivity index (χ0v) is 20.9. The fourth-order valence-corrected chi connectivity index (χ4v) is 4.65. The Hall–Kier alpha value is -2.88. The summed E-state index contributed by atoms with van der Waals surface area (Å²) in [6.07, 6.45) is 2.96. The molecule has 0 saturated heterocycles. The van der Waals surface area contributed by atoms with Gasteiger partial charge in [0.2, 0.25) is 10.0 Å². The average Bonchev–Trinajstić information content (AvgIpc) is 3.20. The lowest BCUT2D eigenvalue weighted by molar-refractivity contribution is 0.0774. The monoisotopic (exact) mass is 486 g/mol. The Labute approximate surface area is 201 Å². The minimum Gasteiger partial charge on any atom is -0.387 e. The van der Waals surface area contributed by atoms with Gasteiger partial charge in [0.1, 0.15) is 0 Å². The molecule has 0 aliphatic rings. The molecule has 34 heavy (non-hydrogen) atoms. The van der Waals surface area contributed by atoms with Crippen LogP contribution in [0.4, 0.5) is 5.69 Å². The summed E-state index contributed by atoms with van der Waals surface area (Å²) in [7, 11) is -3.38. The summed E-state index contributed by atoms with van der Waals surface area (Å²) in [6.45, 7) is 7.63. The number of aliphatic hydroxyl groups is 1. The number of rotatable bonds is 11. The zero-order valence-electron chi connectivity index (χ0n) is 20.1. The first kappa shape index (κ1) is 25.7. The molecule has 4 N–H and O–H groups in total. The quantitative estimate of drug-likeness (QED) is 0.332. The Balaban J connectivity index is 1.66. The molecule has 2 atom stereocenters. The van der Waals surface area contributed by atoms with Crippen molar-refractivity contribution in [3.05, 3.63) is 65.4 Å². The van der Waals surface area contributed by atoms with E-state index < -0.39 is 16.1 Å². The Morgan fingerprint density at radius 2 is 1.85 bits per heavy atom. The van der Waals surface area contributed by atoms with Gasteiger partial charge in [0.05, 0.1) is 23.4 Å². The largest absolute Gasteiger partial charge is 0.387 e. The van der Waals surface area contributed by atoms with Crippen molar-refractivity contribution in [1.82, 2.24) is 15.2 Å². The molecule has 0 aliphatic carbocycles. The molecule has 1 heterocycles. The molecular weight excluding hydrogens is 452 g/mol. The van der Waals surface area contributed by atoms with Gasteiger partial charge in [0.15, 0.2) is 0 Å². The van der Waals surface area contributed by atoms with E-state index in [1.165, 1.54) is 0 Å². The molecule has 0 unspecified atom stereocenters. The van der Waals surface area contributed by atoms with Gasteiger partial charge in [-0.15, -0.1) is 0 Å². The summed E-state index contributed by atoms with van der Waals surface area (Å²) in [5.41, 5.74) is 3.65. The fraction of sp³-hybridized carbons (Fsp3) is 0.400. The van der Waals surface area contributed by atoms with E-state index in [2.05, 4.69) is 15.0 Å². The van der Waals surface area contributed by atoms with Crippen LogP contribution in [-0.4, -0.2) is 61.2 Å². The molecule has 3 aromatic rings. The van der Waals surface area contributed by atoms with Crippen LogP contribution in [0.2, 0.25) is 0 Å². The third-order valence-corrected chi connectivity index (χ3v) is 6.45. The molecule has 3 rings (SSSR count). The van der Waals surface area contributed by atoms with Crippen LogP contribution in [0.1, 0.15) is 48.4 Å². The number of benzene rings is 2. The van der Waals surface area contributed by atoms with E-state index in [1.807, 2.05) is 45.2 Å². The van der Waals surface area contributed by atoms with Crippen molar-refractivity contribution < 1.29 is 18.3 Å². The Morgan fingerprint density at radius 1 is 1.15 bits per heavy atom. The number of H-pyrrole nitrogens is 1. The lowest BCUT2D eigenvalue weighted by Crippen LogP contribution is -2.32. The van der Waals surface area contributed by atoms with Gasteiger partial charge in [0.25, 0.3) is 5.91 Å². The van der Waals surface area contributed by atoms with Crippen LogP contribution >= 0.6 is 0 Å². The van der Waals surface area contributed by atoms with E-state index in [1.54, 1.807) is 29.2 Å². The topological polar surface area (TPSA) is 115 Å². The summed E-state index contributed by atoms with van der Waals surface area (Å²) >= 11 is 0. The van der Waals surface area contributed by atoms with Crippen molar-refractivity contribution in [3.8, 4) is 0 Å². The van der Waals surface area contributed by atoms with Gasteiger partial charge >= 0.3 is 0 Å². The molecule has 8 nitrogen and oxygen atoms in total. The van der Waals surface area contributed by atoms with Crippen molar-refractivity contribution in [3.63, 3.8) is 0 Å². The van der Waals surface area contributed by atoms with Gasteiger partial charge in [-0.05, 0) is 56.5 Å². The van der Waals surface area contributed by atoms with Crippen molar-refractivity contribution in [2.75, 3.05) is 30.6 Å². The summed E-state index contributed by atoms with van der Waals surface area (Å²) in [5, 5.41) is 15.0. The Kier molecular flexibility index (Phi) is 8.35. The van der Waals surface area contributed by atoms with E-state index >= 15 is 0 Å². The number of fused-ring (bicyclic) bond motifs is 1. The van der Waals surface area contributed by atoms with E-state index in [0.717, 1.165) is 22.7 Å². The van der Waals surface area contributed by atoms with Gasteiger partial charge in [-0.1, -0.05) is 24.3 Å². The zero-order chi connectivity index (χ0) is 24.9. The number of amides is 1. The van der Waals surface area contributed by atoms with Crippen LogP contribution in [0, 0.1) is 0 Å². The number of aliphatic hydroxyl groups excluding tert-OH is 1. The SMILES string of the molecule is CCN(CC)C(=O)c1cccc2c(C[C@@H](C)NC[C@H](O)c3cccc(NS(C)(=O)=O)c3)c[nH]c12. The van der Waals surface area contributed by atoms with Crippen LogP contribution in [0.25, 0.3) is 10.9 Å². The van der Waals surface area contributed by atoms with E-state index in [0.29, 0.717) is 42.9 Å². The van der Waals surface area contributed by atoms with Gasteiger partial charge in [-0.2, -0.15) is 0 Å². The normalized spacial score (nSPS) is 13.6. The standard InChI is InChI=1S/C25H34N4O4S/c1-5-29(6-2)25(31)22-12-8-11-21-19(15-27-24(21)22)13-17(3)26-16-23(30)18-9-7-10-20(14-18)28-34(4,32)33/h7-12,14-15,17,23,26-28,30H,5-6,13,16H2,1-4H3/t17-,23+/m1/s1. The number of nitrogens with one attached hydrogen (secondary N) is 3. The molecule has 0 bridgehead atoms. The smallest absolute Gasteiger partial charge is 0.255 e. The van der Waals surface area contributed by atoms with Gasteiger partial charge < -0.3 is 20.3 Å². The molecule has 1 aromatic heterocycles. The third kappa shape index (κ3) is 6.37. The van der Waals surface area contributed by atoms with Crippen molar-refractivity contribution in [2.24, 2.45) is 0 Å². The first-order valence-corrected chi connectivity index (χ1v) is 13.4. The fourth-order valence-electron chi connectivity index (χ4n) is 4.10. The summed E-state index contributed by atoms with van der Waals surface area (Å²) in [4.78, 5) is 18.0. The minimum atomic E-state index is -3.38. The number of hydrogen-bond donors (Lipinski definition) is 4. The molecule has 1 amide bonds. The number of nitrogens with zero attached hydrogens (tertiary/aromatic N) is 1. The highest BCUT2D eigenvalue weighted by Gasteiger charge is 2.18. The second-order valence-electron chi connectivity index (χ2n) is 8.55. The van der Waals surface area contributed by atoms with Crippen LogP contribution in [0.3, 0.4) is 0 Å². The second-order valence-corrected chi connectivity index (χ2v) is 10.3. The number of para-hydroxylation sites is 1. The van der Waals surface area contributed by atoms with Crippen molar-refractivity contribution in [1.29, 1.82) is 0 Å². The molecular formula is C25H34N4O4S. The lowest BCUT2D eigenvalue weighted by atomic mass is 10.0. The second kappa shape index (κ2) is 11.0. The van der Waals surface area contributed by atoms with Crippen LogP contribution < -0.4 is 10.0 Å². The van der Waals surface area contributed by atoms with Crippen molar-refractivity contribution in [2.45, 2.75) is 39.3 Å². The van der Waals surface area contributed by atoms with Crippen molar-refractivity contribution >= 4 is 32.5 Å². The van der Waals surface area contributed by atoms with E-state index in [4.69, 9.17) is 0 Å². The van der Waals surface area contributed by atoms with Gasteiger partial charge in [0, 0.05) is 42.9 Å². The van der Waals surface area contributed by atoms with Crippen LogP contribution in [0.5, 0.6) is 0 Å². The Bertz CT molecular complexity index is 1230. The first-order valence-electron chi connectivity index (χ1n) is 11.5. The maximum atomic E-state index is 12.9. The number of anilines is 1. The predicted octanol–water partition coefficient (Wildman–Crippen LogP) is 3.28. The van der Waals surface area contributed by atoms with E-state index in [9.17, 15) is 18.3 Å². The molecule has 0 spiro atoms. The number of sulfonamides is 1. The number of carbonyl (C=O) groups excluding carboxylic acids is 1. The highest BCUT2D eigenvalue weighted by molar-refractivity contribution is 7.92. The maximum absolute atomic E-state index is 12.9. The summed E-state index contributed by atoms with van der Waals surface area (Å²) in [5.74, 6) is 0.0193. The number of carbonyl (C=O) groups is 1. The molecule has 0 radical (unpaired) electrons. The van der Waals surface area contributed by atoms with Gasteiger partial charge in [-0.3, -0.25) is 9.52 Å². The molecule has 0 saturated carbocycles. The maximum Gasteiger partial charge on any atom is 0.255 e. The number of aromatic nitrogens is 1. The van der Waals surface area contributed by atoms with Gasteiger partial charge in [-0.25, -0.2) is 8.42 Å². The summed E-state index contributed by atoms with van der Waals surface area (Å²) in [6, 6.07) is 12.6. The number of hydrogen-bond acceptors (Lipinski definition) is 5. The number of aromatic amines is 1. The highest BCUT2D eigenvalue weighted by atomic mass is 32.2. The molecule has 9 heteroatoms.